The molecule has 2 rings (SSSR count). The van der Waals surface area contributed by atoms with E-state index in [9.17, 15) is 14.0 Å². The first-order valence-electron chi connectivity index (χ1n) is 5.92. The molecule has 0 aliphatic carbocycles. The number of nitrogens with one attached hydrogen (secondary N) is 1. The van der Waals surface area contributed by atoms with Crippen molar-refractivity contribution in [2.45, 2.75) is 4.90 Å². The van der Waals surface area contributed by atoms with E-state index in [-0.39, 0.29) is 17.0 Å². The smallest absolute Gasteiger partial charge is 0.337 e. The zero-order chi connectivity index (χ0) is 15.2. The van der Waals surface area contributed by atoms with Crippen LogP contribution in [0.15, 0.2) is 47.6 Å². The molecule has 21 heavy (non-hydrogen) atoms. The topological polar surface area (TPSA) is 79.3 Å². The molecule has 0 aliphatic rings. The third kappa shape index (κ3) is 4.28. The van der Waals surface area contributed by atoms with Gasteiger partial charge in [0.05, 0.1) is 17.0 Å². The summed E-state index contributed by atoms with van der Waals surface area (Å²) in [5.74, 6) is -2.17. The van der Waals surface area contributed by atoms with Crippen LogP contribution in [0.4, 0.5) is 10.1 Å². The first kappa shape index (κ1) is 15.0. The second-order valence-electron chi connectivity index (χ2n) is 4.01. The van der Waals surface area contributed by atoms with Crippen molar-refractivity contribution in [1.29, 1.82) is 0 Å². The van der Waals surface area contributed by atoms with Crippen LogP contribution in [-0.2, 0) is 4.79 Å². The van der Waals surface area contributed by atoms with E-state index < -0.39 is 17.7 Å². The predicted octanol–water partition coefficient (Wildman–Crippen LogP) is 2.65. The van der Waals surface area contributed by atoms with Crippen LogP contribution in [0, 0.1) is 5.82 Å². The van der Waals surface area contributed by atoms with E-state index in [0.29, 0.717) is 0 Å². The number of aromatic nitrogens is 1. The van der Waals surface area contributed by atoms with E-state index in [1.165, 1.54) is 11.8 Å². The molecule has 2 aromatic rings. The summed E-state index contributed by atoms with van der Waals surface area (Å²) in [5.41, 5.74) is -0.207. The molecule has 0 atom stereocenters. The first-order chi connectivity index (χ1) is 10.1. The minimum Gasteiger partial charge on any atom is -0.478 e. The molecule has 2 N–H and O–H groups in total. The molecule has 1 aromatic carbocycles. The molecule has 0 saturated carbocycles. The summed E-state index contributed by atoms with van der Waals surface area (Å²) in [6.45, 7) is 0. The van der Waals surface area contributed by atoms with Crippen LogP contribution in [0.3, 0.4) is 0 Å². The third-order valence-electron chi connectivity index (χ3n) is 2.51. The van der Waals surface area contributed by atoms with Gasteiger partial charge < -0.3 is 10.4 Å². The fourth-order valence-electron chi connectivity index (χ4n) is 1.58. The summed E-state index contributed by atoms with van der Waals surface area (Å²) in [6, 6.07) is 6.64. The van der Waals surface area contributed by atoms with Crippen LogP contribution in [0.1, 0.15) is 10.4 Å². The Morgan fingerprint density at radius 2 is 1.95 bits per heavy atom. The lowest BCUT2D eigenvalue weighted by atomic mass is 10.1. The Labute approximate surface area is 124 Å². The molecule has 0 fully saturated rings. The van der Waals surface area contributed by atoms with Gasteiger partial charge >= 0.3 is 5.97 Å². The number of nitrogens with zero attached hydrogens (tertiary/aromatic N) is 1. The number of hydrogen-bond acceptors (Lipinski definition) is 4. The fourth-order valence-corrected chi connectivity index (χ4v) is 2.26. The van der Waals surface area contributed by atoms with E-state index in [0.717, 1.165) is 23.1 Å². The normalized spacial score (nSPS) is 10.1. The van der Waals surface area contributed by atoms with Crippen LogP contribution in [-0.4, -0.2) is 27.7 Å². The monoisotopic (exact) mass is 306 g/mol. The van der Waals surface area contributed by atoms with E-state index in [1.54, 1.807) is 24.5 Å². The van der Waals surface area contributed by atoms with Gasteiger partial charge in [0.15, 0.2) is 0 Å². The molecule has 0 aliphatic heterocycles. The molecular weight excluding hydrogens is 295 g/mol. The van der Waals surface area contributed by atoms with Gasteiger partial charge in [-0.05, 0) is 30.3 Å². The van der Waals surface area contributed by atoms with Crippen LogP contribution < -0.4 is 5.32 Å². The molecule has 0 bridgehead atoms. The molecule has 1 amide bonds. The van der Waals surface area contributed by atoms with Crippen molar-refractivity contribution in [3.63, 3.8) is 0 Å². The summed E-state index contributed by atoms with van der Waals surface area (Å²) in [4.78, 5) is 27.5. The number of amides is 1. The van der Waals surface area contributed by atoms with Gasteiger partial charge in [0, 0.05) is 17.3 Å². The minimum atomic E-state index is -1.23. The quantitative estimate of drug-likeness (QED) is 0.830. The van der Waals surface area contributed by atoms with Gasteiger partial charge in [-0.3, -0.25) is 9.78 Å². The molecule has 0 spiro atoms. The first-order valence-corrected chi connectivity index (χ1v) is 6.90. The highest BCUT2D eigenvalue weighted by Crippen LogP contribution is 2.20. The van der Waals surface area contributed by atoms with Crippen LogP contribution in [0.2, 0.25) is 0 Å². The maximum atomic E-state index is 13.2. The van der Waals surface area contributed by atoms with Crippen molar-refractivity contribution >= 4 is 29.3 Å². The van der Waals surface area contributed by atoms with Crippen LogP contribution in [0.5, 0.6) is 0 Å². The average molecular weight is 306 g/mol. The van der Waals surface area contributed by atoms with Gasteiger partial charge in [0.1, 0.15) is 5.82 Å². The number of rotatable bonds is 5. The van der Waals surface area contributed by atoms with Crippen LogP contribution in [0.25, 0.3) is 0 Å². The van der Waals surface area contributed by atoms with Crippen molar-refractivity contribution in [2.75, 3.05) is 11.1 Å². The van der Waals surface area contributed by atoms with Crippen molar-refractivity contribution < 1.29 is 19.1 Å². The van der Waals surface area contributed by atoms with Crippen molar-refractivity contribution in [2.24, 2.45) is 0 Å². The maximum absolute atomic E-state index is 13.2. The Kier molecular flexibility index (Phi) is 4.89. The molecule has 0 radical (unpaired) electrons. The predicted molar refractivity (Wildman–Crippen MR) is 77.0 cm³/mol. The van der Waals surface area contributed by atoms with Crippen molar-refractivity contribution in [3.8, 4) is 0 Å². The number of thioether (sulfide) groups is 1. The minimum absolute atomic E-state index is 0.0529. The van der Waals surface area contributed by atoms with E-state index in [1.807, 2.05) is 0 Å². The molecular formula is C14H11FN2O3S. The zero-order valence-electron chi connectivity index (χ0n) is 10.7. The van der Waals surface area contributed by atoms with Gasteiger partial charge in [-0.2, -0.15) is 0 Å². The summed E-state index contributed by atoms with van der Waals surface area (Å²) < 4.78 is 13.2. The molecule has 0 unspecified atom stereocenters. The van der Waals surface area contributed by atoms with Gasteiger partial charge in [0.25, 0.3) is 0 Å². The fraction of sp³-hybridized carbons (Fsp3) is 0.0714. The SMILES string of the molecule is O=C(CSc1ccncc1)Nc1cc(F)ccc1C(=O)O. The standard InChI is InChI=1S/C14H11FN2O3S/c15-9-1-2-11(14(19)20)12(7-9)17-13(18)8-21-10-3-5-16-6-4-10/h1-7H,8H2,(H,17,18)(H,19,20). The number of carboxylic acids is 1. The Hall–Kier alpha value is -2.41. The van der Waals surface area contributed by atoms with Gasteiger partial charge in [-0.1, -0.05) is 0 Å². The van der Waals surface area contributed by atoms with Gasteiger partial charge in [0.2, 0.25) is 5.91 Å². The Morgan fingerprint density at radius 1 is 1.24 bits per heavy atom. The molecule has 5 nitrogen and oxygen atoms in total. The highest BCUT2D eigenvalue weighted by atomic mass is 32.2. The highest BCUT2D eigenvalue weighted by molar-refractivity contribution is 8.00. The largest absolute Gasteiger partial charge is 0.478 e. The number of carbonyl (C=O) groups excluding carboxylic acids is 1. The lowest BCUT2D eigenvalue weighted by Gasteiger charge is -2.08. The number of aromatic carboxylic acids is 1. The second kappa shape index (κ2) is 6.85. The molecule has 0 saturated heterocycles. The number of benzene rings is 1. The van der Waals surface area contributed by atoms with Crippen molar-refractivity contribution in [1.82, 2.24) is 4.98 Å². The number of carbonyl (C=O) groups is 2. The van der Waals surface area contributed by atoms with Gasteiger partial charge in [-0.15, -0.1) is 11.8 Å². The number of hydrogen-bond donors (Lipinski definition) is 2. The van der Waals surface area contributed by atoms with E-state index in [4.69, 9.17) is 5.11 Å². The average Bonchev–Trinajstić information content (AvgIpc) is 2.46. The second-order valence-corrected chi connectivity index (χ2v) is 5.06. The number of carboxylic acid groups (broad SMARTS) is 1. The Morgan fingerprint density at radius 3 is 2.62 bits per heavy atom. The number of anilines is 1. The molecule has 108 valence electrons. The summed E-state index contributed by atoms with van der Waals surface area (Å²) >= 11 is 1.27. The van der Waals surface area contributed by atoms with Gasteiger partial charge in [-0.25, -0.2) is 9.18 Å². The van der Waals surface area contributed by atoms with Crippen LogP contribution >= 0.6 is 11.8 Å². The Bertz CT molecular complexity index is 665. The lowest BCUT2D eigenvalue weighted by Crippen LogP contribution is -2.16. The Balaban J connectivity index is 2.02. The van der Waals surface area contributed by atoms with E-state index in [2.05, 4.69) is 10.3 Å². The summed E-state index contributed by atoms with van der Waals surface area (Å²) in [5, 5.41) is 11.4. The molecule has 7 heteroatoms. The summed E-state index contributed by atoms with van der Waals surface area (Å²) in [7, 11) is 0. The number of pyridine rings is 1. The number of halogens is 1. The molecule has 1 aromatic heterocycles. The zero-order valence-corrected chi connectivity index (χ0v) is 11.6. The third-order valence-corrected chi connectivity index (χ3v) is 3.52. The lowest BCUT2D eigenvalue weighted by molar-refractivity contribution is -0.113. The highest BCUT2D eigenvalue weighted by Gasteiger charge is 2.13. The van der Waals surface area contributed by atoms with E-state index >= 15 is 0 Å². The maximum Gasteiger partial charge on any atom is 0.337 e. The van der Waals surface area contributed by atoms with Crippen molar-refractivity contribution in [3.05, 3.63) is 54.1 Å². The summed E-state index contributed by atoms with van der Waals surface area (Å²) in [6.07, 6.45) is 3.21. The molecule has 1 heterocycles.